The third-order valence-electron chi connectivity index (χ3n) is 4.20. The minimum atomic E-state index is -0.620. The molecule has 7 nitrogen and oxygen atoms in total. The first kappa shape index (κ1) is 19.6. The molecule has 8 heteroatoms. The highest BCUT2D eigenvalue weighted by Gasteiger charge is 2.16. The van der Waals surface area contributed by atoms with Gasteiger partial charge in [-0.05, 0) is 24.6 Å². The highest BCUT2D eigenvalue weighted by atomic mass is 35.5. The number of nitrogens with one attached hydrogen (secondary N) is 2. The average Bonchev–Trinajstić information content (AvgIpc) is 2.69. The fourth-order valence-electron chi connectivity index (χ4n) is 2.83. The summed E-state index contributed by atoms with van der Waals surface area (Å²) in [5.74, 6) is -1.06. The molecule has 3 aromatic rings. The molecule has 0 unspecified atom stereocenters. The molecule has 0 saturated carbocycles. The van der Waals surface area contributed by atoms with Crippen molar-refractivity contribution in [3.8, 4) is 0 Å². The number of H-pyrrole nitrogens is 1. The van der Waals surface area contributed by atoms with Gasteiger partial charge in [-0.2, -0.15) is 5.10 Å². The second-order valence-electron chi connectivity index (χ2n) is 6.19. The number of hydrogen-bond acceptors (Lipinski definition) is 5. The van der Waals surface area contributed by atoms with E-state index in [1.807, 2.05) is 12.1 Å². The summed E-state index contributed by atoms with van der Waals surface area (Å²) in [6, 6.07) is 13.7. The Labute approximate surface area is 165 Å². The molecule has 0 saturated heterocycles. The first-order chi connectivity index (χ1) is 13.5. The zero-order valence-electron chi connectivity index (χ0n) is 15.1. The highest BCUT2D eigenvalue weighted by Crippen LogP contribution is 2.22. The summed E-state index contributed by atoms with van der Waals surface area (Å²) in [5.41, 5.74) is 0.818. The van der Waals surface area contributed by atoms with E-state index in [-0.39, 0.29) is 18.0 Å². The Morgan fingerprint density at radius 3 is 2.57 bits per heavy atom. The van der Waals surface area contributed by atoms with Crippen LogP contribution in [0, 0.1) is 0 Å². The number of ether oxygens (including phenoxy) is 1. The van der Waals surface area contributed by atoms with E-state index in [2.05, 4.69) is 15.5 Å². The van der Waals surface area contributed by atoms with Gasteiger partial charge in [0.1, 0.15) is 0 Å². The maximum absolute atomic E-state index is 12.1. The SMILES string of the molecule is C[C@@H](NC(=O)COC(=O)Cc1n[nH]c(=O)c2ccccc12)c1ccccc1Cl. The number of fused-ring (bicyclic) bond motifs is 1. The number of esters is 1. The Hall–Kier alpha value is -3.19. The van der Waals surface area contributed by atoms with Crippen LogP contribution in [0.1, 0.15) is 24.2 Å². The van der Waals surface area contributed by atoms with Crippen LogP contribution in [0.15, 0.2) is 53.3 Å². The molecule has 0 aliphatic heterocycles. The van der Waals surface area contributed by atoms with Crippen molar-refractivity contribution in [2.45, 2.75) is 19.4 Å². The molecule has 1 amide bonds. The van der Waals surface area contributed by atoms with E-state index in [1.165, 1.54) is 0 Å². The van der Waals surface area contributed by atoms with E-state index < -0.39 is 18.5 Å². The summed E-state index contributed by atoms with van der Waals surface area (Å²) in [6.07, 6.45) is -0.162. The Bertz CT molecular complexity index is 1080. The first-order valence-corrected chi connectivity index (χ1v) is 8.99. The molecule has 1 atom stereocenters. The van der Waals surface area contributed by atoms with Crippen LogP contribution in [0.5, 0.6) is 0 Å². The van der Waals surface area contributed by atoms with E-state index in [1.54, 1.807) is 43.3 Å². The van der Waals surface area contributed by atoms with Crippen molar-refractivity contribution >= 4 is 34.2 Å². The monoisotopic (exact) mass is 399 g/mol. The van der Waals surface area contributed by atoms with Crippen LogP contribution in [-0.4, -0.2) is 28.7 Å². The molecule has 1 heterocycles. The molecule has 0 aliphatic rings. The smallest absolute Gasteiger partial charge is 0.312 e. The van der Waals surface area contributed by atoms with Crippen LogP contribution < -0.4 is 10.9 Å². The molecule has 0 aliphatic carbocycles. The second-order valence-corrected chi connectivity index (χ2v) is 6.60. The third kappa shape index (κ3) is 4.55. The maximum Gasteiger partial charge on any atom is 0.312 e. The van der Waals surface area contributed by atoms with Crippen molar-refractivity contribution in [1.29, 1.82) is 0 Å². The second kappa shape index (κ2) is 8.67. The Balaban J connectivity index is 1.58. The van der Waals surface area contributed by atoms with Gasteiger partial charge in [0.05, 0.1) is 23.5 Å². The highest BCUT2D eigenvalue weighted by molar-refractivity contribution is 6.31. The number of amides is 1. The lowest BCUT2D eigenvalue weighted by Crippen LogP contribution is -2.31. The van der Waals surface area contributed by atoms with E-state index in [0.29, 0.717) is 21.5 Å². The molecular weight excluding hydrogens is 382 g/mol. The van der Waals surface area contributed by atoms with Crippen molar-refractivity contribution in [1.82, 2.24) is 15.5 Å². The zero-order chi connectivity index (χ0) is 20.1. The van der Waals surface area contributed by atoms with E-state index >= 15 is 0 Å². The largest absolute Gasteiger partial charge is 0.455 e. The van der Waals surface area contributed by atoms with Gasteiger partial charge < -0.3 is 10.1 Å². The fraction of sp³-hybridized carbons (Fsp3) is 0.200. The Morgan fingerprint density at radius 2 is 1.82 bits per heavy atom. The normalized spacial score (nSPS) is 11.8. The summed E-state index contributed by atoms with van der Waals surface area (Å²) in [5, 5.41) is 10.6. The molecule has 0 bridgehead atoms. The molecule has 2 aromatic carbocycles. The number of carbonyl (C=O) groups excluding carboxylic acids is 2. The van der Waals surface area contributed by atoms with Crippen molar-refractivity contribution in [3.05, 3.63) is 75.2 Å². The van der Waals surface area contributed by atoms with Crippen LogP contribution in [0.3, 0.4) is 0 Å². The fourth-order valence-corrected chi connectivity index (χ4v) is 3.13. The Kier molecular flexibility index (Phi) is 6.06. The van der Waals surface area contributed by atoms with Gasteiger partial charge in [0.2, 0.25) is 0 Å². The number of nitrogens with zero attached hydrogens (tertiary/aromatic N) is 1. The van der Waals surface area contributed by atoms with Gasteiger partial charge in [0.15, 0.2) is 6.61 Å². The van der Waals surface area contributed by atoms with Gasteiger partial charge in [0.25, 0.3) is 11.5 Å². The summed E-state index contributed by atoms with van der Waals surface area (Å²) in [7, 11) is 0. The van der Waals surface area contributed by atoms with Gasteiger partial charge in [-0.1, -0.05) is 48.0 Å². The molecule has 3 rings (SSSR count). The van der Waals surface area contributed by atoms with E-state index in [9.17, 15) is 14.4 Å². The summed E-state index contributed by atoms with van der Waals surface area (Å²) in [4.78, 5) is 35.9. The minimum absolute atomic E-state index is 0.162. The number of aromatic nitrogens is 2. The van der Waals surface area contributed by atoms with Crippen molar-refractivity contribution < 1.29 is 14.3 Å². The standard InChI is InChI=1S/C20H18ClN3O4/c1-12(13-6-4-5-9-16(13)21)22-18(25)11-28-19(26)10-17-14-7-2-3-8-15(14)20(27)24-23-17/h2-9,12H,10-11H2,1H3,(H,22,25)(H,24,27)/t12-/m1/s1. The van der Waals surface area contributed by atoms with Crippen molar-refractivity contribution in [2.75, 3.05) is 6.61 Å². The molecule has 144 valence electrons. The number of benzene rings is 2. The van der Waals surface area contributed by atoms with Crippen LogP contribution in [0.25, 0.3) is 10.8 Å². The maximum atomic E-state index is 12.1. The lowest BCUT2D eigenvalue weighted by Gasteiger charge is -2.15. The number of hydrogen-bond donors (Lipinski definition) is 2. The minimum Gasteiger partial charge on any atom is -0.455 e. The van der Waals surface area contributed by atoms with Crippen LogP contribution >= 0.6 is 11.6 Å². The van der Waals surface area contributed by atoms with Gasteiger partial charge >= 0.3 is 5.97 Å². The summed E-state index contributed by atoms with van der Waals surface area (Å²) in [6.45, 7) is 1.37. The van der Waals surface area contributed by atoms with Gasteiger partial charge in [-0.25, -0.2) is 5.10 Å². The number of aromatic amines is 1. The number of carbonyl (C=O) groups is 2. The van der Waals surface area contributed by atoms with E-state index in [4.69, 9.17) is 16.3 Å². The molecule has 28 heavy (non-hydrogen) atoms. The summed E-state index contributed by atoms with van der Waals surface area (Å²) < 4.78 is 5.04. The number of rotatable bonds is 6. The third-order valence-corrected chi connectivity index (χ3v) is 4.54. The van der Waals surface area contributed by atoms with Gasteiger partial charge in [-0.15, -0.1) is 0 Å². The lowest BCUT2D eigenvalue weighted by atomic mass is 10.1. The topological polar surface area (TPSA) is 101 Å². The lowest BCUT2D eigenvalue weighted by molar-refractivity contribution is -0.148. The predicted octanol–water partition coefficient (Wildman–Crippen LogP) is 2.54. The summed E-state index contributed by atoms with van der Waals surface area (Å²) >= 11 is 6.11. The number of halogens is 1. The molecule has 0 radical (unpaired) electrons. The van der Waals surface area contributed by atoms with Crippen molar-refractivity contribution in [3.63, 3.8) is 0 Å². The van der Waals surface area contributed by atoms with E-state index in [0.717, 1.165) is 5.56 Å². The first-order valence-electron chi connectivity index (χ1n) is 8.61. The molecule has 0 spiro atoms. The van der Waals surface area contributed by atoms with Crippen LogP contribution in [0.4, 0.5) is 0 Å². The quantitative estimate of drug-likeness (QED) is 0.620. The van der Waals surface area contributed by atoms with Crippen LogP contribution in [0.2, 0.25) is 5.02 Å². The van der Waals surface area contributed by atoms with Crippen LogP contribution in [-0.2, 0) is 20.7 Å². The van der Waals surface area contributed by atoms with Crippen molar-refractivity contribution in [2.24, 2.45) is 0 Å². The predicted molar refractivity (Wildman–Crippen MR) is 105 cm³/mol. The zero-order valence-corrected chi connectivity index (χ0v) is 15.8. The van der Waals surface area contributed by atoms with Gasteiger partial charge in [-0.3, -0.25) is 14.4 Å². The molecule has 2 N–H and O–H groups in total. The Morgan fingerprint density at radius 1 is 1.14 bits per heavy atom. The molecule has 0 fully saturated rings. The average molecular weight is 400 g/mol. The molecule has 1 aromatic heterocycles. The van der Waals surface area contributed by atoms with Gasteiger partial charge in [0, 0.05) is 10.4 Å². The molecular formula is C20H18ClN3O4.